The third-order valence-corrected chi connectivity index (χ3v) is 6.37. The molecule has 0 bridgehead atoms. The SMILES string of the molecule is COC(=O)c1ccccc1-n1c(C)cc(/C=C2\SC(=O)N(Cc3ccccc3F)C2=O)c1C. The summed E-state index contributed by atoms with van der Waals surface area (Å²) < 4.78 is 20.8. The van der Waals surface area contributed by atoms with Crippen LogP contribution in [0.2, 0.25) is 0 Å². The molecular formula is C25H21FN2O4S. The average molecular weight is 465 g/mol. The highest BCUT2D eigenvalue weighted by Crippen LogP contribution is 2.35. The number of hydrogen-bond donors (Lipinski definition) is 0. The Bertz CT molecular complexity index is 1310. The van der Waals surface area contributed by atoms with Crippen LogP contribution < -0.4 is 0 Å². The largest absolute Gasteiger partial charge is 0.465 e. The van der Waals surface area contributed by atoms with Crippen molar-refractivity contribution < 1.29 is 23.5 Å². The molecule has 0 unspecified atom stereocenters. The van der Waals surface area contributed by atoms with E-state index >= 15 is 0 Å². The second-order valence-electron chi connectivity index (χ2n) is 7.53. The van der Waals surface area contributed by atoms with E-state index in [9.17, 15) is 18.8 Å². The van der Waals surface area contributed by atoms with Crippen LogP contribution >= 0.6 is 11.8 Å². The summed E-state index contributed by atoms with van der Waals surface area (Å²) in [4.78, 5) is 38.9. The molecule has 0 aliphatic carbocycles. The quantitative estimate of drug-likeness (QED) is 0.381. The zero-order chi connectivity index (χ0) is 23.7. The van der Waals surface area contributed by atoms with Crippen molar-refractivity contribution in [1.29, 1.82) is 0 Å². The fraction of sp³-hybridized carbons (Fsp3) is 0.160. The lowest BCUT2D eigenvalue weighted by atomic mass is 10.1. The first-order valence-electron chi connectivity index (χ1n) is 10.2. The van der Waals surface area contributed by atoms with Crippen molar-refractivity contribution in [3.05, 3.63) is 93.4 Å². The highest BCUT2D eigenvalue weighted by molar-refractivity contribution is 8.18. The lowest BCUT2D eigenvalue weighted by Crippen LogP contribution is -2.27. The first-order valence-corrected chi connectivity index (χ1v) is 11.0. The van der Waals surface area contributed by atoms with Gasteiger partial charge in [-0.3, -0.25) is 14.5 Å². The zero-order valence-electron chi connectivity index (χ0n) is 18.3. The number of hydrogen-bond acceptors (Lipinski definition) is 5. The molecule has 2 amide bonds. The number of aromatic nitrogens is 1. The molecule has 1 aliphatic heterocycles. The first-order chi connectivity index (χ1) is 15.8. The van der Waals surface area contributed by atoms with Gasteiger partial charge < -0.3 is 9.30 Å². The molecule has 8 heteroatoms. The molecule has 168 valence electrons. The summed E-state index contributed by atoms with van der Waals surface area (Å²) in [5.74, 6) is -1.38. The molecule has 3 aromatic rings. The summed E-state index contributed by atoms with van der Waals surface area (Å²) in [6, 6.07) is 15.0. The van der Waals surface area contributed by atoms with Gasteiger partial charge in [0, 0.05) is 17.0 Å². The Morgan fingerprint density at radius 2 is 1.79 bits per heavy atom. The van der Waals surface area contributed by atoms with E-state index in [-0.39, 0.29) is 17.0 Å². The van der Waals surface area contributed by atoms with Crippen molar-refractivity contribution in [2.24, 2.45) is 0 Å². The topological polar surface area (TPSA) is 68.6 Å². The Hall–Kier alpha value is -3.65. The van der Waals surface area contributed by atoms with Crippen LogP contribution in [0.15, 0.2) is 59.5 Å². The number of ether oxygens (including phenoxy) is 1. The molecular weight excluding hydrogens is 443 g/mol. The number of carbonyl (C=O) groups excluding carboxylic acids is 3. The summed E-state index contributed by atoms with van der Waals surface area (Å²) in [6.45, 7) is 3.64. The third kappa shape index (κ3) is 4.21. The molecule has 0 spiro atoms. The Morgan fingerprint density at radius 1 is 1.09 bits per heavy atom. The molecule has 33 heavy (non-hydrogen) atoms. The van der Waals surface area contributed by atoms with Crippen molar-refractivity contribution in [3.8, 4) is 5.69 Å². The second kappa shape index (κ2) is 9.07. The molecule has 0 N–H and O–H groups in total. The molecule has 2 aromatic carbocycles. The minimum atomic E-state index is -0.465. The number of rotatable bonds is 5. The lowest BCUT2D eigenvalue weighted by Gasteiger charge is -2.13. The fourth-order valence-corrected chi connectivity index (χ4v) is 4.66. The highest BCUT2D eigenvalue weighted by atomic mass is 32.2. The van der Waals surface area contributed by atoms with E-state index in [1.807, 2.05) is 36.6 Å². The molecule has 1 aromatic heterocycles. The third-order valence-electron chi connectivity index (χ3n) is 5.47. The Kier molecular flexibility index (Phi) is 6.20. The number of benzene rings is 2. The molecule has 0 atom stereocenters. The van der Waals surface area contributed by atoms with Crippen molar-refractivity contribution in [1.82, 2.24) is 9.47 Å². The van der Waals surface area contributed by atoms with Crippen LogP contribution in [0.1, 0.15) is 32.9 Å². The molecule has 2 heterocycles. The number of amides is 2. The van der Waals surface area contributed by atoms with Gasteiger partial charge in [0.25, 0.3) is 11.1 Å². The summed E-state index contributed by atoms with van der Waals surface area (Å²) in [5.41, 5.74) is 3.73. The predicted molar refractivity (Wildman–Crippen MR) is 124 cm³/mol. The standard InChI is InChI=1S/C25H21FN2O4S/c1-15-12-18(16(2)28(15)21-11-7-5-9-19(21)24(30)32-3)13-22-23(29)27(25(31)33-22)14-17-8-4-6-10-20(17)26/h4-13H,14H2,1-3H3/b22-13-. The number of esters is 1. The number of carbonyl (C=O) groups is 3. The van der Waals surface area contributed by atoms with Crippen LogP contribution in [0.5, 0.6) is 0 Å². The van der Waals surface area contributed by atoms with Gasteiger partial charge in [0.05, 0.1) is 29.8 Å². The van der Waals surface area contributed by atoms with E-state index in [1.165, 1.54) is 13.2 Å². The minimum absolute atomic E-state index is 0.125. The Labute approximate surface area is 194 Å². The van der Waals surface area contributed by atoms with Crippen molar-refractivity contribution in [3.63, 3.8) is 0 Å². The smallest absolute Gasteiger partial charge is 0.339 e. The van der Waals surface area contributed by atoms with E-state index in [0.717, 1.165) is 33.6 Å². The Morgan fingerprint density at radius 3 is 2.52 bits per heavy atom. The van der Waals surface area contributed by atoms with Crippen molar-refractivity contribution in [2.75, 3.05) is 7.11 Å². The van der Waals surface area contributed by atoms with Crippen LogP contribution in [0.3, 0.4) is 0 Å². The minimum Gasteiger partial charge on any atom is -0.465 e. The molecule has 0 radical (unpaired) electrons. The Balaban J connectivity index is 1.68. The van der Waals surface area contributed by atoms with Gasteiger partial charge in [0.15, 0.2) is 0 Å². The molecule has 6 nitrogen and oxygen atoms in total. The number of imide groups is 1. The van der Waals surface area contributed by atoms with Gasteiger partial charge in [-0.2, -0.15) is 0 Å². The van der Waals surface area contributed by atoms with E-state index in [2.05, 4.69) is 0 Å². The van der Waals surface area contributed by atoms with Crippen LogP contribution in [0.4, 0.5) is 9.18 Å². The summed E-state index contributed by atoms with van der Waals surface area (Å²) in [6.07, 6.45) is 1.66. The maximum atomic E-state index is 14.0. The second-order valence-corrected chi connectivity index (χ2v) is 8.52. The van der Waals surface area contributed by atoms with Gasteiger partial charge in [-0.15, -0.1) is 0 Å². The van der Waals surface area contributed by atoms with E-state index in [1.54, 1.807) is 36.4 Å². The van der Waals surface area contributed by atoms with Gasteiger partial charge in [0.1, 0.15) is 5.82 Å². The van der Waals surface area contributed by atoms with E-state index in [4.69, 9.17) is 4.74 Å². The van der Waals surface area contributed by atoms with E-state index < -0.39 is 22.9 Å². The summed E-state index contributed by atoms with van der Waals surface area (Å²) in [5, 5.41) is -0.445. The van der Waals surface area contributed by atoms with Gasteiger partial charge in [-0.25, -0.2) is 9.18 Å². The number of methoxy groups -OCH3 is 1. The summed E-state index contributed by atoms with van der Waals surface area (Å²) >= 11 is 0.826. The first kappa shape index (κ1) is 22.5. The molecule has 1 saturated heterocycles. The lowest BCUT2D eigenvalue weighted by molar-refractivity contribution is -0.123. The van der Waals surface area contributed by atoms with Gasteiger partial charge in [-0.1, -0.05) is 30.3 Å². The van der Waals surface area contributed by atoms with Gasteiger partial charge >= 0.3 is 5.97 Å². The molecule has 1 fully saturated rings. The van der Waals surface area contributed by atoms with Gasteiger partial charge in [0.2, 0.25) is 0 Å². The van der Waals surface area contributed by atoms with E-state index in [0.29, 0.717) is 11.3 Å². The number of halogens is 1. The number of aryl methyl sites for hydroxylation is 1. The van der Waals surface area contributed by atoms with Crippen LogP contribution in [-0.4, -0.2) is 33.7 Å². The monoisotopic (exact) mass is 464 g/mol. The molecule has 0 saturated carbocycles. The van der Waals surface area contributed by atoms with Crippen molar-refractivity contribution >= 4 is 35.0 Å². The number of nitrogens with zero attached hydrogens (tertiary/aromatic N) is 2. The number of thioether (sulfide) groups is 1. The molecule has 4 rings (SSSR count). The molecule has 1 aliphatic rings. The van der Waals surface area contributed by atoms with Gasteiger partial charge in [-0.05, 0) is 61.5 Å². The highest BCUT2D eigenvalue weighted by Gasteiger charge is 2.35. The number of para-hydroxylation sites is 1. The normalized spacial score (nSPS) is 14.9. The van der Waals surface area contributed by atoms with Crippen LogP contribution in [0.25, 0.3) is 11.8 Å². The average Bonchev–Trinajstić information content (AvgIpc) is 3.23. The fourth-order valence-electron chi connectivity index (χ4n) is 3.83. The predicted octanol–water partition coefficient (Wildman–Crippen LogP) is 5.26. The zero-order valence-corrected chi connectivity index (χ0v) is 19.1. The van der Waals surface area contributed by atoms with Crippen LogP contribution in [-0.2, 0) is 16.1 Å². The van der Waals surface area contributed by atoms with Crippen molar-refractivity contribution in [2.45, 2.75) is 20.4 Å². The van der Waals surface area contributed by atoms with Crippen LogP contribution in [0, 0.1) is 19.7 Å². The summed E-state index contributed by atoms with van der Waals surface area (Å²) in [7, 11) is 1.33. The maximum absolute atomic E-state index is 14.0. The maximum Gasteiger partial charge on any atom is 0.339 e.